The Kier molecular flexibility index (Phi) is 3.94. The number of para-hydroxylation sites is 1. The minimum atomic E-state index is -0.0844. The van der Waals surface area contributed by atoms with Crippen LogP contribution >= 0.6 is 0 Å². The lowest BCUT2D eigenvalue weighted by molar-refractivity contribution is -0.117. The molecule has 0 radical (unpaired) electrons. The SMILES string of the molecule is COc1ccccc1[C@H]1C[C@@H]1C(=O)Nc1cn(C)c(=O)cc1C. The summed E-state index contributed by atoms with van der Waals surface area (Å²) in [6.45, 7) is 1.82. The van der Waals surface area contributed by atoms with Gasteiger partial charge in [0.15, 0.2) is 0 Å². The maximum atomic E-state index is 12.5. The molecule has 5 nitrogen and oxygen atoms in total. The highest BCUT2D eigenvalue weighted by atomic mass is 16.5. The molecule has 0 saturated heterocycles. The largest absolute Gasteiger partial charge is 0.496 e. The van der Waals surface area contributed by atoms with E-state index in [0.29, 0.717) is 5.69 Å². The van der Waals surface area contributed by atoms with Crippen molar-refractivity contribution < 1.29 is 9.53 Å². The first-order valence-electron chi connectivity index (χ1n) is 7.62. The molecule has 0 bridgehead atoms. The van der Waals surface area contributed by atoms with Gasteiger partial charge >= 0.3 is 0 Å². The van der Waals surface area contributed by atoms with Gasteiger partial charge in [0.2, 0.25) is 5.91 Å². The lowest BCUT2D eigenvalue weighted by Gasteiger charge is -2.10. The fraction of sp³-hybridized carbons (Fsp3) is 0.333. The second-order valence-corrected chi connectivity index (χ2v) is 6.00. The number of benzene rings is 1. The average Bonchev–Trinajstić information content (AvgIpc) is 3.33. The van der Waals surface area contributed by atoms with Crippen molar-refractivity contribution in [2.75, 3.05) is 12.4 Å². The fourth-order valence-corrected chi connectivity index (χ4v) is 2.88. The molecule has 0 unspecified atom stereocenters. The van der Waals surface area contributed by atoms with Crippen LogP contribution in [0.3, 0.4) is 0 Å². The van der Waals surface area contributed by atoms with Gasteiger partial charge in [-0.1, -0.05) is 18.2 Å². The normalized spacial score (nSPS) is 19.3. The third kappa shape index (κ3) is 2.99. The smallest absolute Gasteiger partial charge is 0.250 e. The van der Waals surface area contributed by atoms with Gasteiger partial charge in [-0.25, -0.2) is 0 Å². The van der Waals surface area contributed by atoms with Gasteiger partial charge in [-0.3, -0.25) is 9.59 Å². The number of carbonyl (C=O) groups is 1. The summed E-state index contributed by atoms with van der Waals surface area (Å²) in [7, 11) is 3.32. The molecule has 23 heavy (non-hydrogen) atoms. The number of aryl methyl sites for hydroxylation is 2. The van der Waals surface area contributed by atoms with Gasteiger partial charge in [-0.15, -0.1) is 0 Å². The van der Waals surface area contributed by atoms with Crippen LogP contribution in [0.1, 0.15) is 23.5 Å². The summed E-state index contributed by atoms with van der Waals surface area (Å²) in [5, 5.41) is 2.94. The lowest BCUT2D eigenvalue weighted by atomic mass is 10.1. The zero-order chi connectivity index (χ0) is 16.6. The predicted octanol–water partition coefficient (Wildman–Crippen LogP) is 2.44. The number of aromatic nitrogens is 1. The van der Waals surface area contributed by atoms with Gasteiger partial charge in [0, 0.05) is 25.2 Å². The molecule has 1 aliphatic carbocycles. The second-order valence-electron chi connectivity index (χ2n) is 6.00. The van der Waals surface area contributed by atoms with E-state index in [1.807, 2.05) is 31.2 Å². The van der Waals surface area contributed by atoms with E-state index < -0.39 is 0 Å². The van der Waals surface area contributed by atoms with Crippen molar-refractivity contribution in [3.05, 3.63) is 58.0 Å². The first-order valence-corrected chi connectivity index (χ1v) is 7.62. The van der Waals surface area contributed by atoms with Crippen LogP contribution in [0.5, 0.6) is 5.75 Å². The van der Waals surface area contributed by atoms with E-state index in [4.69, 9.17) is 4.74 Å². The molecular formula is C18H20N2O3. The number of rotatable bonds is 4. The third-order valence-electron chi connectivity index (χ3n) is 4.36. The number of pyridine rings is 1. The molecule has 1 aromatic carbocycles. The second kappa shape index (κ2) is 5.91. The number of anilines is 1. The van der Waals surface area contributed by atoms with E-state index >= 15 is 0 Å². The highest BCUT2D eigenvalue weighted by Gasteiger charge is 2.45. The Morgan fingerprint density at radius 3 is 2.83 bits per heavy atom. The van der Waals surface area contributed by atoms with E-state index in [-0.39, 0.29) is 23.3 Å². The van der Waals surface area contributed by atoms with Gasteiger partial charge in [0.1, 0.15) is 5.75 Å². The highest BCUT2D eigenvalue weighted by molar-refractivity contribution is 5.95. The van der Waals surface area contributed by atoms with E-state index in [2.05, 4.69) is 5.32 Å². The standard InChI is InChI=1S/C18H20N2O3/c1-11-8-17(21)20(2)10-15(11)19-18(22)14-9-13(14)12-6-4-5-7-16(12)23-3/h4-8,10,13-14H,9H2,1-3H3,(H,19,22)/t13-,14+/m1/s1. The Morgan fingerprint density at radius 2 is 2.09 bits per heavy atom. The molecule has 5 heteroatoms. The van der Waals surface area contributed by atoms with Crippen LogP contribution in [0.15, 0.2) is 41.3 Å². The summed E-state index contributed by atoms with van der Waals surface area (Å²) >= 11 is 0. The first kappa shape index (κ1) is 15.3. The van der Waals surface area contributed by atoms with E-state index in [9.17, 15) is 9.59 Å². The first-order chi connectivity index (χ1) is 11.0. The van der Waals surface area contributed by atoms with Crippen LogP contribution in [0.2, 0.25) is 0 Å². The molecule has 1 saturated carbocycles. The van der Waals surface area contributed by atoms with Crippen molar-refractivity contribution in [1.29, 1.82) is 0 Å². The van der Waals surface area contributed by atoms with Crippen molar-refractivity contribution in [3.8, 4) is 5.75 Å². The quantitative estimate of drug-likeness (QED) is 0.943. The minimum absolute atomic E-state index is 0.0114. The van der Waals surface area contributed by atoms with Gasteiger partial charge in [0.05, 0.1) is 12.8 Å². The van der Waals surface area contributed by atoms with Gasteiger partial charge in [0.25, 0.3) is 5.56 Å². The third-order valence-corrected chi connectivity index (χ3v) is 4.36. The Bertz CT molecular complexity index is 810. The zero-order valence-corrected chi connectivity index (χ0v) is 13.5. The van der Waals surface area contributed by atoms with Gasteiger partial charge < -0.3 is 14.6 Å². The molecule has 0 aliphatic heterocycles. The van der Waals surface area contributed by atoms with Crippen LogP contribution in [0.25, 0.3) is 0 Å². The van der Waals surface area contributed by atoms with Crippen molar-refractivity contribution >= 4 is 11.6 Å². The van der Waals surface area contributed by atoms with Gasteiger partial charge in [-0.2, -0.15) is 0 Å². The average molecular weight is 312 g/mol. The van der Waals surface area contributed by atoms with Crippen LogP contribution < -0.4 is 15.6 Å². The molecule has 0 spiro atoms. The Labute approximate surface area is 134 Å². The number of hydrogen-bond acceptors (Lipinski definition) is 3. The summed E-state index contributed by atoms with van der Waals surface area (Å²) in [6, 6.07) is 9.34. The molecule has 1 aromatic heterocycles. The number of methoxy groups -OCH3 is 1. The molecule has 120 valence electrons. The topological polar surface area (TPSA) is 60.3 Å². The van der Waals surface area contributed by atoms with Crippen LogP contribution in [-0.4, -0.2) is 17.6 Å². The van der Waals surface area contributed by atoms with Crippen molar-refractivity contribution in [1.82, 2.24) is 4.57 Å². The number of nitrogens with zero attached hydrogens (tertiary/aromatic N) is 1. The molecule has 2 aromatic rings. The van der Waals surface area contributed by atoms with Crippen LogP contribution in [0.4, 0.5) is 5.69 Å². The van der Waals surface area contributed by atoms with E-state index in [0.717, 1.165) is 23.3 Å². The maximum Gasteiger partial charge on any atom is 0.250 e. The molecule has 1 amide bonds. The molecule has 1 N–H and O–H groups in total. The monoisotopic (exact) mass is 312 g/mol. The fourth-order valence-electron chi connectivity index (χ4n) is 2.88. The summed E-state index contributed by atoms with van der Waals surface area (Å²) in [5.74, 6) is 0.954. The number of hydrogen-bond donors (Lipinski definition) is 1. The summed E-state index contributed by atoms with van der Waals surface area (Å²) in [4.78, 5) is 24.0. The Hall–Kier alpha value is -2.56. The van der Waals surface area contributed by atoms with Gasteiger partial charge in [-0.05, 0) is 36.5 Å². The molecule has 1 heterocycles. The molecule has 2 atom stereocenters. The van der Waals surface area contributed by atoms with Crippen LogP contribution in [-0.2, 0) is 11.8 Å². The number of carbonyl (C=O) groups excluding carboxylic acids is 1. The zero-order valence-electron chi connectivity index (χ0n) is 13.5. The predicted molar refractivity (Wildman–Crippen MR) is 88.9 cm³/mol. The minimum Gasteiger partial charge on any atom is -0.496 e. The molecular weight excluding hydrogens is 292 g/mol. The Morgan fingerprint density at radius 1 is 1.35 bits per heavy atom. The number of ether oxygens (including phenoxy) is 1. The maximum absolute atomic E-state index is 12.5. The van der Waals surface area contributed by atoms with Crippen LogP contribution in [0, 0.1) is 12.8 Å². The molecule has 1 aliphatic rings. The van der Waals surface area contributed by atoms with E-state index in [1.54, 1.807) is 20.4 Å². The summed E-state index contributed by atoms with van der Waals surface area (Å²) in [5.41, 5.74) is 2.45. The highest BCUT2D eigenvalue weighted by Crippen LogP contribution is 2.50. The summed E-state index contributed by atoms with van der Waals surface area (Å²) < 4.78 is 6.84. The van der Waals surface area contributed by atoms with Crippen molar-refractivity contribution in [2.24, 2.45) is 13.0 Å². The molecule has 3 rings (SSSR count). The summed E-state index contributed by atoms with van der Waals surface area (Å²) in [6.07, 6.45) is 2.48. The van der Waals surface area contributed by atoms with Crippen molar-refractivity contribution in [3.63, 3.8) is 0 Å². The molecule has 1 fully saturated rings. The Balaban J connectivity index is 1.74. The van der Waals surface area contributed by atoms with Crippen molar-refractivity contribution in [2.45, 2.75) is 19.3 Å². The lowest BCUT2D eigenvalue weighted by Crippen LogP contribution is -2.20. The van der Waals surface area contributed by atoms with E-state index in [1.165, 1.54) is 10.6 Å². The number of amides is 1. The number of nitrogens with one attached hydrogen (secondary N) is 1.